The zero-order chi connectivity index (χ0) is 10.0. The molecule has 1 aromatic heterocycles. The van der Waals surface area contributed by atoms with Crippen LogP contribution in [0, 0.1) is 5.41 Å². The fourth-order valence-corrected chi connectivity index (χ4v) is 1.71. The highest BCUT2D eigenvalue weighted by molar-refractivity contribution is 5.09. The summed E-state index contributed by atoms with van der Waals surface area (Å²) in [4.78, 5) is 0. The van der Waals surface area contributed by atoms with Gasteiger partial charge in [0.15, 0.2) is 0 Å². The van der Waals surface area contributed by atoms with E-state index in [4.69, 9.17) is 5.11 Å². The van der Waals surface area contributed by atoms with Crippen molar-refractivity contribution in [2.24, 2.45) is 12.5 Å². The Morgan fingerprint density at radius 1 is 1.57 bits per heavy atom. The van der Waals surface area contributed by atoms with E-state index >= 15 is 0 Å². The summed E-state index contributed by atoms with van der Waals surface area (Å²) >= 11 is 0. The number of rotatable bonds is 5. The highest BCUT2D eigenvalue weighted by Gasteiger charge is 2.41. The third kappa shape index (κ3) is 2.16. The van der Waals surface area contributed by atoms with Gasteiger partial charge in [0.2, 0.25) is 0 Å². The summed E-state index contributed by atoms with van der Waals surface area (Å²) in [5.74, 6) is 0. The standard InChI is InChI=1S/C11H18N2O/c1-13-5-2-10(7-13)6-12-8-11(9-14)3-4-11/h2,5,7,12,14H,3-4,6,8-9H2,1H3. The molecule has 3 nitrogen and oxygen atoms in total. The number of hydrogen-bond acceptors (Lipinski definition) is 2. The summed E-state index contributed by atoms with van der Waals surface area (Å²) in [6.07, 6.45) is 6.51. The van der Waals surface area contributed by atoms with Crippen LogP contribution in [-0.2, 0) is 13.6 Å². The lowest BCUT2D eigenvalue weighted by Crippen LogP contribution is -2.25. The van der Waals surface area contributed by atoms with Gasteiger partial charge in [-0.15, -0.1) is 0 Å². The molecule has 1 saturated carbocycles. The molecule has 0 bridgehead atoms. The maximum atomic E-state index is 9.11. The van der Waals surface area contributed by atoms with Crippen LogP contribution in [0.3, 0.4) is 0 Å². The molecule has 0 aromatic carbocycles. The van der Waals surface area contributed by atoms with E-state index in [1.54, 1.807) is 0 Å². The number of aryl methyl sites for hydroxylation is 1. The van der Waals surface area contributed by atoms with Crippen molar-refractivity contribution < 1.29 is 5.11 Å². The molecule has 0 atom stereocenters. The Balaban J connectivity index is 1.73. The van der Waals surface area contributed by atoms with Gasteiger partial charge in [0.05, 0.1) is 0 Å². The Kier molecular flexibility index (Phi) is 2.61. The first-order valence-electron chi connectivity index (χ1n) is 5.17. The van der Waals surface area contributed by atoms with Gasteiger partial charge in [0, 0.05) is 44.6 Å². The van der Waals surface area contributed by atoms with Gasteiger partial charge in [-0.3, -0.25) is 0 Å². The minimum absolute atomic E-state index is 0.217. The number of nitrogens with zero attached hydrogens (tertiary/aromatic N) is 1. The second-order valence-electron chi connectivity index (χ2n) is 4.45. The zero-order valence-electron chi connectivity index (χ0n) is 8.66. The van der Waals surface area contributed by atoms with Crippen LogP contribution < -0.4 is 5.32 Å². The first kappa shape index (κ1) is 9.74. The average molecular weight is 194 g/mol. The molecule has 2 N–H and O–H groups in total. The van der Waals surface area contributed by atoms with Gasteiger partial charge in [-0.25, -0.2) is 0 Å². The van der Waals surface area contributed by atoms with Crippen LogP contribution in [0.1, 0.15) is 18.4 Å². The van der Waals surface area contributed by atoms with Gasteiger partial charge < -0.3 is 15.0 Å². The Morgan fingerprint density at radius 3 is 2.86 bits per heavy atom. The van der Waals surface area contributed by atoms with Crippen molar-refractivity contribution in [3.8, 4) is 0 Å². The Hall–Kier alpha value is -0.800. The summed E-state index contributed by atoms with van der Waals surface area (Å²) in [6, 6.07) is 2.12. The number of nitrogens with one attached hydrogen (secondary N) is 1. The van der Waals surface area contributed by atoms with E-state index in [0.717, 1.165) is 13.1 Å². The fraction of sp³-hybridized carbons (Fsp3) is 0.636. The lowest BCUT2D eigenvalue weighted by Gasteiger charge is -2.11. The first-order valence-corrected chi connectivity index (χ1v) is 5.17. The predicted molar refractivity (Wildman–Crippen MR) is 55.9 cm³/mol. The van der Waals surface area contributed by atoms with E-state index < -0.39 is 0 Å². The number of aliphatic hydroxyl groups is 1. The highest BCUT2D eigenvalue weighted by atomic mass is 16.3. The topological polar surface area (TPSA) is 37.2 Å². The lowest BCUT2D eigenvalue weighted by atomic mass is 10.1. The van der Waals surface area contributed by atoms with E-state index in [0.29, 0.717) is 6.61 Å². The molecule has 0 aliphatic heterocycles. The Morgan fingerprint density at radius 2 is 2.36 bits per heavy atom. The van der Waals surface area contributed by atoms with E-state index in [1.807, 2.05) is 7.05 Å². The van der Waals surface area contributed by atoms with Gasteiger partial charge in [-0.1, -0.05) is 0 Å². The van der Waals surface area contributed by atoms with Crippen LogP contribution in [0.15, 0.2) is 18.5 Å². The number of hydrogen-bond donors (Lipinski definition) is 2. The van der Waals surface area contributed by atoms with E-state index in [-0.39, 0.29) is 5.41 Å². The molecule has 78 valence electrons. The van der Waals surface area contributed by atoms with E-state index in [9.17, 15) is 0 Å². The largest absolute Gasteiger partial charge is 0.396 e. The predicted octanol–water partition coefficient (Wildman–Crippen LogP) is 0.887. The molecule has 1 fully saturated rings. The molecule has 2 rings (SSSR count). The first-order chi connectivity index (χ1) is 6.74. The molecular weight excluding hydrogens is 176 g/mol. The van der Waals surface area contributed by atoms with Gasteiger partial charge in [-0.2, -0.15) is 0 Å². The molecule has 0 saturated heterocycles. The third-order valence-corrected chi connectivity index (χ3v) is 3.01. The minimum Gasteiger partial charge on any atom is -0.396 e. The third-order valence-electron chi connectivity index (χ3n) is 3.01. The van der Waals surface area contributed by atoms with Crippen molar-refractivity contribution in [1.29, 1.82) is 0 Å². The smallest absolute Gasteiger partial charge is 0.0499 e. The molecule has 0 unspecified atom stereocenters. The molecule has 3 heteroatoms. The molecule has 1 aliphatic rings. The molecule has 14 heavy (non-hydrogen) atoms. The lowest BCUT2D eigenvalue weighted by molar-refractivity contribution is 0.207. The number of aromatic nitrogens is 1. The molecule has 1 aliphatic carbocycles. The molecule has 0 amide bonds. The average Bonchev–Trinajstić information content (AvgIpc) is 2.84. The van der Waals surface area contributed by atoms with Crippen molar-refractivity contribution in [3.05, 3.63) is 24.0 Å². The van der Waals surface area contributed by atoms with Crippen LogP contribution in [0.5, 0.6) is 0 Å². The van der Waals surface area contributed by atoms with Crippen molar-refractivity contribution in [1.82, 2.24) is 9.88 Å². The highest BCUT2D eigenvalue weighted by Crippen LogP contribution is 2.44. The summed E-state index contributed by atoms with van der Waals surface area (Å²) in [7, 11) is 2.03. The molecular formula is C11H18N2O. The minimum atomic E-state index is 0.217. The van der Waals surface area contributed by atoms with Crippen molar-refractivity contribution in [2.75, 3.05) is 13.2 Å². The SMILES string of the molecule is Cn1ccc(CNCC2(CO)CC2)c1. The van der Waals surface area contributed by atoms with Gasteiger partial charge >= 0.3 is 0 Å². The molecule has 1 heterocycles. The zero-order valence-corrected chi connectivity index (χ0v) is 8.66. The van der Waals surface area contributed by atoms with Crippen LogP contribution in [0.4, 0.5) is 0 Å². The van der Waals surface area contributed by atoms with Crippen molar-refractivity contribution in [2.45, 2.75) is 19.4 Å². The Labute approximate surface area is 84.7 Å². The van der Waals surface area contributed by atoms with Crippen molar-refractivity contribution in [3.63, 3.8) is 0 Å². The van der Waals surface area contributed by atoms with E-state index in [2.05, 4.69) is 28.3 Å². The normalized spacial score (nSPS) is 18.4. The fourth-order valence-electron chi connectivity index (χ4n) is 1.71. The molecule has 0 spiro atoms. The second kappa shape index (κ2) is 3.75. The number of aliphatic hydroxyl groups excluding tert-OH is 1. The summed E-state index contributed by atoms with van der Waals surface area (Å²) in [5, 5.41) is 12.5. The van der Waals surface area contributed by atoms with Crippen LogP contribution in [-0.4, -0.2) is 22.8 Å². The van der Waals surface area contributed by atoms with Crippen LogP contribution in [0.25, 0.3) is 0 Å². The van der Waals surface area contributed by atoms with Crippen molar-refractivity contribution >= 4 is 0 Å². The van der Waals surface area contributed by atoms with Crippen LogP contribution in [0.2, 0.25) is 0 Å². The molecule has 1 aromatic rings. The maximum absolute atomic E-state index is 9.11. The van der Waals surface area contributed by atoms with Crippen LogP contribution >= 0.6 is 0 Å². The maximum Gasteiger partial charge on any atom is 0.0499 e. The summed E-state index contributed by atoms with van der Waals surface area (Å²) < 4.78 is 2.05. The van der Waals surface area contributed by atoms with Gasteiger partial charge in [0.25, 0.3) is 0 Å². The second-order valence-corrected chi connectivity index (χ2v) is 4.45. The van der Waals surface area contributed by atoms with Gasteiger partial charge in [-0.05, 0) is 24.5 Å². The monoisotopic (exact) mass is 194 g/mol. The summed E-state index contributed by atoms with van der Waals surface area (Å²) in [5.41, 5.74) is 1.52. The Bertz CT molecular complexity index is 302. The van der Waals surface area contributed by atoms with E-state index in [1.165, 1.54) is 18.4 Å². The summed E-state index contributed by atoms with van der Waals surface area (Å²) in [6.45, 7) is 2.18. The quantitative estimate of drug-likeness (QED) is 0.730. The van der Waals surface area contributed by atoms with Gasteiger partial charge in [0.1, 0.15) is 0 Å². The molecule has 0 radical (unpaired) electrons.